The molecule has 1 aromatic carbocycles. The van der Waals surface area contributed by atoms with Crippen molar-refractivity contribution in [2.45, 2.75) is 25.7 Å². The lowest BCUT2D eigenvalue weighted by Crippen LogP contribution is -2.13. The number of benzene rings is 1. The molecule has 0 spiro atoms. The molecule has 0 saturated heterocycles. The number of aromatic nitrogens is 3. The second-order valence-corrected chi connectivity index (χ2v) is 6.94. The first-order chi connectivity index (χ1) is 13.1. The van der Waals surface area contributed by atoms with Gasteiger partial charge >= 0.3 is 0 Å². The molecule has 1 aliphatic carbocycles. The van der Waals surface area contributed by atoms with Gasteiger partial charge in [-0.15, -0.1) is 5.10 Å². The summed E-state index contributed by atoms with van der Waals surface area (Å²) in [6.45, 7) is 0.695. The van der Waals surface area contributed by atoms with E-state index in [1.165, 1.54) is 37.8 Å². The molecule has 1 fully saturated rings. The van der Waals surface area contributed by atoms with E-state index in [0.717, 1.165) is 17.1 Å². The van der Waals surface area contributed by atoms with Crippen molar-refractivity contribution in [3.8, 4) is 5.88 Å². The first-order valence-electron chi connectivity index (χ1n) is 9.12. The van der Waals surface area contributed by atoms with Gasteiger partial charge in [-0.05, 0) is 49.1 Å². The van der Waals surface area contributed by atoms with Crippen LogP contribution in [0.4, 0.5) is 10.1 Å². The number of fused-ring (bicyclic) bond motifs is 1. The van der Waals surface area contributed by atoms with Crippen LogP contribution < -0.4 is 10.1 Å². The zero-order valence-corrected chi connectivity index (χ0v) is 15.1. The first kappa shape index (κ1) is 17.5. The average molecular weight is 368 g/mol. The van der Waals surface area contributed by atoms with Crippen molar-refractivity contribution in [1.82, 2.24) is 14.8 Å². The molecule has 1 N–H and O–H groups in total. The fourth-order valence-corrected chi connectivity index (χ4v) is 3.49. The Hall–Kier alpha value is -2.96. The number of rotatable bonds is 5. The van der Waals surface area contributed by atoms with E-state index < -0.39 is 11.7 Å². The number of carbonyl (C=O) groups is 1. The molecule has 140 valence electrons. The maximum absolute atomic E-state index is 12.9. The van der Waals surface area contributed by atoms with Crippen molar-refractivity contribution >= 4 is 22.5 Å². The summed E-state index contributed by atoms with van der Waals surface area (Å²) in [6, 6.07) is 8.09. The second-order valence-electron chi connectivity index (χ2n) is 6.94. The van der Waals surface area contributed by atoms with Crippen LogP contribution in [-0.2, 0) is 7.05 Å². The molecule has 2 aromatic heterocycles. The summed E-state index contributed by atoms with van der Waals surface area (Å²) in [6.07, 6.45) is 6.02. The highest BCUT2D eigenvalue weighted by Gasteiger charge is 2.18. The summed E-state index contributed by atoms with van der Waals surface area (Å²) in [5.41, 5.74) is 1.63. The van der Waals surface area contributed by atoms with E-state index in [1.807, 2.05) is 19.2 Å². The molecule has 0 unspecified atom stereocenters. The fraction of sp³-hybridized carbons (Fsp3) is 0.350. The monoisotopic (exact) mass is 368 g/mol. The number of amides is 1. The Morgan fingerprint density at radius 2 is 2.11 bits per heavy atom. The van der Waals surface area contributed by atoms with Gasteiger partial charge in [0.25, 0.3) is 5.91 Å². The summed E-state index contributed by atoms with van der Waals surface area (Å²) in [5, 5.41) is 8.15. The van der Waals surface area contributed by atoms with Gasteiger partial charge in [-0.2, -0.15) is 0 Å². The number of ether oxygens (including phenoxy) is 1. The zero-order chi connectivity index (χ0) is 18.8. The Morgan fingerprint density at radius 1 is 1.30 bits per heavy atom. The number of hydrogen-bond acceptors (Lipinski definition) is 4. The van der Waals surface area contributed by atoms with Gasteiger partial charge in [-0.3, -0.25) is 9.48 Å². The van der Waals surface area contributed by atoms with E-state index in [0.29, 0.717) is 24.1 Å². The average Bonchev–Trinajstić information content (AvgIpc) is 3.29. The van der Waals surface area contributed by atoms with Crippen LogP contribution in [0, 0.1) is 11.7 Å². The number of pyridine rings is 1. The van der Waals surface area contributed by atoms with Gasteiger partial charge in [-0.25, -0.2) is 9.37 Å². The molecular formula is C20H21FN4O2. The lowest BCUT2D eigenvalue weighted by molar-refractivity contribution is 0.102. The van der Waals surface area contributed by atoms with E-state index >= 15 is 0 Å². The molecule has 2 heterocycles. The predicted octanol–water partition coefficient (Wildman–Crippen LogP) is 3.93. The lowest BCUT2D eigenvalue weighted by atomic mass is 10.1. The van der Waals surface area contributed by atoms with Crippen molar-refractivity contribution in [2.24, 2.45) is 13.0 Å². The Bertz CT molecular complexity index is 962. The van der Waals surface area contributed by atoms with Gasteiger partial charge < -0.3 is 10.1 Å². The van der Waals surface area contributed by atoms with Gasteiger partial charge in [0, 0.05) is 12.7 Å². The Balaban J connectivity index is 1.51. The molecular weight excluding hydrogens is 347 g/mol. The van der Waals surface area contributed by atoms with Crippen LogP contribution >= 0.6 is 0 Å². The van der Waals surface area contributed by atoms with Gasteiger partial charge in [0.2, 0.25) is 5.88 Å². The highest BCUT2D eigenvalue weighted by molar-refractivity contribution is 6.03. The third kappa shape index (κ3) is 3.77. The van der Waals surface area contributed by atoms with E-state index in [4.69, 9.17) is 4.74 Å². The molecule has 4 rings (SSSR count). The number of anilines is 1. The Kier molecular flexibility index (Phi) is 4.75. The topological polar surface area (TPSA) is 69.0 Å². The number of carbonyl (C=O) groups excluding carboxylic acids is 1. The molecule has 3 aromatic rings. The van der Waals surface area contributed by atoms with Crippen LogP contribution in [0.25, 0.3) is 10.9 Å². The molecule has 7 heteroatoms. The highest BCUT2D eigenvalue weighted by Crippen LogP contribution is 2.30. The molecule has 27 heavy (non-hydrogen) atoms. The second kappa shape index (κ2) is 7.34. The third-order valence-corrected chi connectivity index (χ3v) is 4.97. The standard InChI is InChI=1S/C20H21FN4O2/c1-25-18-10-15(23-19(26)17-9-6-14(21)11-22-17)7-8-16(18)20(24-25)27-12-13-4-2-3-5-13/h6-11,13H,2-5,12H2,1H3,(H,23,26). The van der Waals surface area contributed by atoms with E-state index in [9.17, 15) is 9.18 Å². The summed E-state index contributed by atoms with van der Waals surface area (Å²) in [4.78, 5) is 16.1. The zero-order valence-electron chi connectivity index (χ0n) is 15.1. The first-order valence-corrected chi connectivity index (χ1v) is 9.12. The van der Waals surface area contributed by atoms with Crippen molar-refractivity contribution in [3.05, 3.63) is 48.0 Å². The van der Waals surface area contributed by atoms with Gasteiger partial charge in [-0.1, -0.05) is 12.8 Å². The summed E-state index contributed by atoms with van der Waals surface area (Å²) >= 11 is 0. The summed E-state index contributed by atoms with van der Waals surface area (Å²) < 4.78 is 20.6. The Morgan fingerprint density at radius 3 is 2.85 bits per heavy atom. The maximum atomic E-state index is 12.9. The molecule has 0 aliphatic heterocycles. The van der Waals surface area contributed by atoms with Crippen molar-refractivity contribution in [1.29, 1.82) is 0 Å². The maximum Gasteiger partial charge on any atom is 0.274 e. The lowest BCUT2D eigenvalue weighted by Gasteiger charge is -2.09. The molecule has 1 amide bonds. The van der Waals surface area contributed by atoms with Crippen LogP contribution in [0.3, 0.4) is 0 Å². The number of aryl methyl sites for hydroxylation is 1. The smallest absolute Gasteiger partial charge is 0.274 e. The largest absolute Gasteiger partial charge is 0.476 e. The van der Waals surface area contributed by atoms with Crippen molar-refractivity contribution in [3.63, 3.8) is 0 Å². The van der Waals surface area contributed by atoms with Crippen LogP contribution in [0.1, 0.15) is 36.2 Å². The van der Waals surface area contributed by atoms with Gasteiger partial charge in [0.05, 0.1) is 23.7 Å². The SMILES string of the molecule is Cn1nc(OCC2CCCC2)c2ccc(NC(=O)c3ccc(F)cn3)cc21. The number of halogens is 1. The minimum Gasteiger partial charge on any atom is -0.476 e. The summed E-state index contributed by atoms with van der Waals surface area (Å²) in [7, 11) is 1.85. The minimum atomic E-state index is -0.479. The molecule has 1 aliphatic rings. The third-order valence-electron chi connectivity index (χ3n) is 4.97. The molecule has 0 radical (unpaired) electrons. The Labute approximate surface area is 156 Å². The number of hydrogen-bond donors (Lipinski definition) is 1. The van der Waals surface area contributed by atoms with Crippen LogP contribution in [0.15, 0.2) is 36.5 Å². The van der Waals surface area contributed by atoms with E-state index in [1.54, 1.807) is 10.7 Å². The normalized spacial score (nSPS) is 14.6. The highest BCUT2D eigenvalue weighted by atomic mass is 19.1. The van der Waals surface area contributed by atoms with E-state index in [2.05, 4.69) is 15.4 Å². The van der Waals surface area contributed by atoms with Crippen molar-refractivity contribution < 1.29 is 13.9 Å². The van der Waals surface area contributed by atoms with Crippen LogP contribution in [-0.4, -0.2) is 27.3 Å². The molecule has 1 saturated carbocycles. The molecule has 0 atom stereocenters. The number of nitrogens with one attached hydrogen (secondary N) is 1. The molecule has 0 bridgehead atoms. The fourth-order valence-electron chi connectivity index (χ4n) is 3.49. The van der Waals surface area contributed by atoms with Crippen molar-refractivity contribution in [2.75, 3.05) is 11.9 Å². The molecule has 6 nitrogen and oxygen atoms in total. The number of nitrogens with zero attached hydrogens (tertiary/aromatic N) is 3. The predicted molar refractivity (Wildman–Crippen MR) is 100 cm³/mol. The van der Waals surface area contributed by atoms with Gasteiger partial charge in [0.15, 0.2) is 0 Å². The van der Waals surface area contributed by atoms with Crippen LogP contribution in [0.2, 0.25) is 0 Å². The minimum absolute atomic E-state index is 0.155. The quantitative estimate of drug-likeness (QED) is 0.741. The summed E-state index contributed by atoms with van der Waals surface area (Å²) in [5.74, 6) is 0.364. The van der Waals surface area contributed by atoms with Crippen LogP contribution in [0.5, 0.6) is 5.88 Å². The van der Waals surface area contributed by atoms with E-state index in [-0.39, 0.29) is 5.69 Å². The van der Waals surface area contributed by atoms with Gasteiger partial charge in [0.1, 0.15) is 11.5 Å².